The third-order valence-corrected chi connectivity index (χ3v) is 11.7. The van der Waals surface area contributed by atoms with Crippen LogP contribution in [0, 0.1) is 0 Å². The monoisotopic (exact) mass is 874 g/mol. The molecule has 9 rings (SSSR count). The van der Waals surface area contributed by atoms with Crippen LogP contribution >= 0.6 is 0 Å². The Morgan fingerprint density at radius 3 is 1.81 bits per heavy atom. The van der Waals surface area contributed by atoms with Crippen molar-refractivity contribution in [3.05, 3.63) is 179 Å². The van der Waals surface area contributed by atoms with Crippen molar-refractivity contribution in [2.75, 3.05) is 13.2 Å². The molecule has 64 heavy (non-hydrogen) atoms. The van der Waals surface area contributed by atoms with Gasteiger partial charge in [0.1, 0.15) is 55.4 Å². The first-order valence-corrected chi connectivity index (χ1v) is 21.8. The Balaban J connectivity index is 1.01. The zero-order chi connectivity index (χ0) is 43.9. The Bertz CT molecular complexity index is 2230. The van der Waals surface area contributed by atoms with E-state index in [0.717, 1.165) is 22.3 Å². The summed E-state index contributed by atoms with van der Waals surface area (Å²) >= 11 is 0. The van der Waals surface area contributed by atoms with Crippen molar-refractivity contribution in [2.24, 2.45) is 0 Å². The van der Waals surface area contributed by atoms with E-state index >= 15 is 0 Å². The fourth-order valence-electron chi connectivity index (χ4n) is 8.44. The summed E-state index contributed by atoms with van der Waals surface area (Å²) in [5.74, 6) is -1.35. The number of aliphatic hydroxyl groups is 1. The van der Waals surface area contributed by atoms with Gasteiger partial charge in [0.05, 0.1) is 38.6 Å². The summed E-state index contributed by atoms with van der Waals surface area (Å²) in [6.45, 7) is 4.47. The van der Waals surface area contributed by atoms with Crippen molar-refractivity contribution < 1.29 is 62.0 Å². The third-order valence-electron chi connectivity index (χ3n) is 11.7. The van der Waals surface area contributed by atoms with Gasteiger partial charge in [0.15, 0.2) is 24.7 Å². The molecule has 0 saturated carbocycles. The van der Waals surface area contributed by atoms with E-state index in [4.69, 9.17) is 52.1 Å². The standard InChI is InChI=1S/C51H54O13/c1-51(2)59-32-40(64-51)43-44(54-27-33-17-7-3-8-18-33)41(52)49(62-43)63-45-42-39(31-58-48(61-42)36-23-13-6-14-24-36)60-50(46(45)55-28-34-19-9-4-10-20-34)57-30-37-25-15-16-26-38(37)47(53)56-29-35-21-11-5-12-22-35/h3-26,39-46,48-50,52H,27-32H2,1-2H3/t39-,40-,41-,42+,43+,44-,45+,46-,48?,49+,50-/m1/s1. The zero-order valence-electron chi connectivity index (χ0n) is 35.8. The number of carbonyl (C=O) groups excluding carboxylic acids is 1. The fourth-order valence-corrected chi connectivity index (χ4v) is 8.44. The van der Waals surface area contributed by atoms with Gasteiger partial charge in [-0.25, -0.2) is 4.79 Å². The van der Waals surface area contributed by atoms with E-state index in [9.17, 15) is 9.90 Å². The van der Waals surface area contributed by atoms with Crippen LogP contribution < -0.4 is 0 Å². The van der Waals surface area contributed by atoms with Gasteiger partial charge in [-0.3, -0.25) is 0 Å². The molecule has 336 valence electrons. The number of fused-ring (bicyclic) bond motifs is 1. The molecule has 0 spiro atoms. The Hall–Kier alpha value is -4.87. The van der Waals surface area contributed by atoms with Crippen molar-refractivity contribution in [1.29, 1.82) is 0 Å². The quantitative estimate of drug-likeness (QED) is 0.100. The van der Waals surface area contributed by atoms with Crippen molar-refractivity contribution in [1.82, 2.24) is 0 Å². The van der Waals surface area contributed by atoms with Gasteiger partial charge in [0.25, 0.3) is 0 Å². The Labute approximate surface area is 373 Å². The average Bonchev–Trinajstić information content (AvgIpc) is 3.86. The summed E-state index contributed by atoms with van der Waals surface area (Å²) in [5, 5.41) is 12.2. The lowest BCUT2D eigenvalue weighted by Crippen LogP contribution is -2.64. The van der Waals surface area contributed by atoms with Crippen LogP contribution in [-0.2, 0) is 78.5 Å². The minimum Gasteiger partial charge on any atom is -0.457 e. The van der Waals surface area contributed by atoms with E-state index in [0.29, 0.717) is 11.1 Å². The van der Waals surface area contributed by atoms with E-state index in [2.05, 4.69) is 0 Å². The van der Waals surface area contributed by atoms with Gasteiger partial charge in [-0.15, -0.1) is 0 Å². The molecule has 0 bridgehead atoms. The predicted molar refractivity (Wildman–Crippen MR) is 230 cm³/mol. The molecule has 4 heterocycles. The number of ether oxygens (including phenoxy) is 11. The molecule has 0 aromatic heterocycles. The fraction of sp³-hybridized carbons (Fsp3) is 0.392. The van der Waals surface area contributed by atoms with Gasteiger partial charge in [-0.2, -0.15) is 0 Å². The van der Waals surface area contributed by atoms with Gasteiger partial charge >= 0.3 is 5.97 Å². The lowest BCUT2D eigenvalue weighted by Gasteiger charge is -2.49. The number of aliphatic hydroxyl groups excluding tert-OH is 1. The second-order valence-corrected chi connectivity index (χ2v) is 16.7. The summed E-state index contributed by atoms with van der Waals surface area (Å²) in [6, 6.07) is 45.7. The number of hydrogen-bond donors (Lipinski definition) is 1. The van der Waals surface area contributed by atoms with Crippen LogP contribution in [0.1, 0.15) is 58.3 Å². The molecule has 4 aliphatic heterocycles. The van der Waals surface area contributed by atoms with Crippen LogP contribution in [-0.4, -0.2) is 91.5 Å². The maximum absolute atomic E-state index is 13.5. The molecule has 11 atom stereocenters. The summed E-state index contributed by atoms with van der Waals surface area (Å²) in [4.78, 5) is 13.5. The maximum atomic E-state index is 13.5. The molecule has 0 radical (unpaired) electrons. The van der Waals surface area contributed by atoms with Crippen LogP contribution in [0.3, 0.4) is 0 Å². The molecule has 5 aromatic carbocycles. The molecule has 1 unspecified atom stereocenters. The van der Waals surface area contributed by atoms with E-state index in [1.807, 2.05) is 147 Å². The highest BCUT2D eigenvalue weighted by Gasteiger charge is 2.57. The summed E-state index contributed by atoms with van der Waals surface area (Å²) < 4.78 is 71.1. The maximum Gasteiger partial charge on any atom is 0.338 e. The number of esters is 1. The first-order chi connectivity index (χ1) is 31.3. The van der Waals surface area contributed by atoms with Crippen molar-refractivity contribution in [2.45, 2.75) is 114 Å². The Morgan fingerprint density at radius 1 is 0.594 bits per heavy atom. The van der Waals surface area contributed by atoms with Crippen LogP contribution in [0.15, 0.2) is 146 Å². The molecule has 4 aliphatic rings. The third kappa shape index (κ3) is 10.6. The minimum atomic E-state index is -1.27. The first kappa shape index (κ1) is 44.3. The number of carbonyl (C=O) groups is 1. The average molecular weight is 875 g/mol. The summed E-state index contributed by atoms with van der Waals surface area (Å²) in [5.41, 5.74) is 4.45. The lowest BCUT2D eigenvalue weighted by molar-refractivity contribution is -0.386. The first-order valence-electron chi connectivity index (χ1n) is 21.8. The van der Waals surface area contributed by atoms with E-state index in [1.165, 1.54) is 0 Å². The van der Waals surface area contributed by atoms with Gasteiger partial charge in [0.2, 0.25) is 0 Å². The molecule has 13 heteroatoms. The SMILES string of the molecule is CC1(C)OC[C@H]([C@@H]2O[C@@H](O[C@H]3[C@H]4OC(c5ccccc5)OC[C@H]4O[C@@H](OCc4ccccc4C(=O)OCc4ccccc4)[C@@H]3OCc3ccccc3)[C@H](O)[C@H]2OCc2ccccc2)O1. The molecule has 0 amide bonds. The number of rotatable bonds is 16. The highest BCUT2D eigenvalue weighted by Crippen LogP contribution is 2.41. The molecule has 4 fully saturated rings. The molecule has 0 aliphatic carbocycles. The smallest absolute Gasteiger partial charge is 0.338 e. The molecule has 13 nitrogen and oxygen atoms in total. The van der Waals surface area contributed by atoms with E-state index < -0.39 is 79.5 Å². The second-order valence-electron chi connectivity index (χ2n) is 16.7. The van der Waals surface area contributed by atoms with Crippen LogP contribution in [0.4, 0.5) is 0 Å². The largest absolute Gasteiger partial charge is 0.457 e. The number of benzene rings is 5. The molecular weight excluding hydrogens is 821 g/mol. The minimum absolute atomic E-state index is 0.0419. The number of hydrogen-bond acceptors (Lipinski definition) is 13. The van der Waals surface area contributed by atoms with Gasteiger partial charge in [0, 0.05) is 5.56 Å². The second kappa shape index (κ2) is 20.5. The summed E-state index contributed by atoms with van der Waals surface area (Å²) in [7, 11) is 0. The van der Waals surface area contributed by atoms with E-state index in [-0.39, 0.29) is 39.6 Å². The molecule has 4 saturated heterocycles. The van der Waals surface area contributed by atoms with Crippen molar-refractivity contribution in [3.63, 3.8) is 0 Å². The molecule has 5 aromatic rings. The van der Waals surface area contributed by atoms with Crippen molar-refractivity contribution >= 4 is 5.97 Å². The normalized spacial score (nSPS) is 29.8. The topological polar surface area (TPSA) is 139 Å². The molecule has 1 N–H and O–H groups in total. The zero-order valence-corrected chi connectivity index (χ0v) is 35.8. The highest BCUT2D eigenvalue weighted by atomic mass is 16.8. The van der Waals surface area contributed by atoms with Crippen LogP contribution in [0.25, 0.3) is 0 Å². The predicted octanol–water partition coefficient (Wildman–Crippen LogP) is 7.19. The van der Waals surface area contributed by atoms with Gasteiger partial charge < -0.3 is 57.2 Å². The summed E-state index contributed by atoms with van der Waals surface area (Å²) in [6.07, 6.45) is -9.92. The Kier molecular flexibility index (Phi) is 14.2. The van der Waals surface area contributed by atoms with E-state index in [1.54, 1.807) is 12.1 Å². The molecular formula is C51H54O13. The van der Waals surface area contributed by atoms with Gasteiger partial charge in [-0.1, -0.05) is 140 Å². The Morgan fingerprint density at radius 2 is 1.17 bits per heavy atom. The lowest BCUT2D eigenvalue weighted by atomic mass is 9.96. The van der Waals surface area contributed by atoms with Crippen LogP contribution in [0.5, 0.6) is 0 Å². The van der Waals surface area contributed by atoms with Gasteiger partial charge in [-0.05, 0) is 42.2 Å². The highest BCUT2D eigenvalue weighted by molar-refractivity contribution is 5.91. The van der Waals surface area contributed by atoms with Crippen molar-refractivity contribution in [3.8, 4) is 0 Å². The van der Waals surface area contributed by atoms with Crippen LogP contribution in [0.2, 0.25) is 0 Å².